The Labute approximate surface area is 117 Å². The van der Waals surface area contributed by atoms with Gasteiger partial charge >= 0.3 is 6.18 Å². The fourth-order valence-electron chi connectivity index (χ4n) is 3.08. The number of halogens is 3. The second-order valence-electron chi connectivity index (χ2n) is 5.89. The van der Waals surface area contributed by atoms with Gasteiger partial charge < -0.3 is 5.73 Å². The molecule has 1 aromatic rings. The van der Waals surface area contributed by atoms with Crippen molar-refractivity contribution in [3.63, 3.8) is 0 Å². The second-order valence-corrected chi connectivity index (χ2v) is 5.89. The zero-order valence-corrected chi connectivity index (χ0v) is 11.7. The Morgan fingerprint density at radius 2 is 2.20 bits per heavy atom. The van der Waals surface area contributed by atoms with Gasteiger partial charge in [-0.3, -0.25) is 4.68 Å². The third-order valence-corrected chi connectivity index (χ3v) is 4.31. The highest BCUT2D eigenvalue weighted by atomic mass is 19.4. The lowest BCUT2D eigenvalue weighted by Crippen LogP contribution is -2.37. The number of hydrogen-bond donors (Lipinski definition) is 1. The highest BCUT2D eigenvalue weighted by Crippen LogP contribution is 2.41. The fraction of sp³-hybridized carbons (Fsp3) is 0.786. The zero-order chi connectivity index (χ0) is 14.8. The third kappa shape index (κ3) is 3.98. The molecule has 20 heavy (non-hydrogen) atoms. The predicted octanol–water partition coefficient (Wildman–Crippen LogP) is 3.05. The largest absolute Gasteiger partial charge is 0.391 e. The molecule has 0 bridgehead atoms. The summed E-state index contributed by atoms with van der Waals surface area (Å²) in [6.45, 7) is 0. The Morgan fingerprint density at radius 1 is 1.45 bits per heavy atom. The first-order chi connectivity index (χ1) is 9.36. The van der Waals surface area contributed by atoms with Crippen molar-refractivity contribution in [3.05, 3.63) is 18.0 Å². The van der Waals surface area contributed by atoms with Crippen LogP contribution in [0.4, 0.5) is 13.2 Å². The van der Waals surface area contributed by atoms with E-state index in [1.165, 1.54) is 0 Å². The van der Waals surface area contributed by atoms with Crippen molar-refractivity contribution < 1.29 is 13.2 Å². The summed E-state index contributed by atoms with van der Waals surface area (Å²) < 4.78 is 40.1. The van der Waals surface area contributed by atoms with Crippen molar-refractivity contribution in [3.8, 4) is 0 Å². The van der Waals surface area contributed by atoms with E-state index in [2.05, 4.69) is 5.10 Å². The first-order valence-electron chi connectivity index (χ1n) is 7.16. The second kappa shape index (κ2) is 6.16. The molecule has 2 rings (SSSR count). The van der Waals surface area contributed by atoms with Crippen LogP contribution in [0, 0.1) is 11.8 Å². The smallest absolute Gasteiger partial charge is 0.327 e. The highest BCUT2D eigenvalue weighted by Gasteiger charge is 2.42. The molecule has 114 valence electrons. The van der Waals surface area contributed by atoms with Gasteiger partial charge in [-0.2, -0.15) is 18.3 Å². The molecule has 3 unspecified atom stereocenters. The van der Waals surface area contributed by atoms with E-state index in [4.69, 9.17) is 5.73 Å². The van der Waals surface area contributed by atoms with Crippen molar-refractivity contribution in [2.24, 2.45) is 24.6 Å². The molecule has 1 aliphatic carbocycles. The molecule has 1 heterocycles. The van der Waals surface area contributed by atoms with Gasteiger partial charge in [0.25, 0.3) is 0 Å². The van der Waals surface area contributed by atoms with Crippen molar-refractivity contribution in [1.29, 1.82) is 0 Å². The summed E-state index contributed by atoms with van der Waals surface area (Å²) in [4.78, 5) is 0. The average Bonchev–Trinajstić information content (AvgIpc) is 2.81. The van der Waals surface area contributed by atoms with Gasteiger partial charge in [-0.15, -0.1) is 0 Å². The molecule has 0 saturated heterocycles. The molecule has 1 fully saturated rings. The summed E-state index contributed by atoms with van der Waals surface area (Å²) in [5.74, 6) is -1.17. The minimum atomic E-state index is -4.07. The van der Waals surface area contributed by atoms with E-state index in [9.17, 15) is 13.2 Å². The van der Waals surface area contributed by atoms with Crippen LogP contribution in [0.3, 0.4) is 0 Å². The molecule has 0 aliphatic heterocycles. The molecule has 1 saturated carbocycles. The normalized spacial score (nSPS) is 25.6. The minimum Gasteiger partial charge on any atom is -0.327 e. The first kappa shape index (κ1) is 15.4. The summed E-state index contributed by atoms with van der Waals surface area (Å²) in [5, 5.41) is 4.08. The monoisotopic (exact) mass is 289 g/mol. The number of hydrogen-bond acceptors (Lipinski definition) is 2. The number of alkyl halides is 3. The van der Waals surface area contributed by atoms with E-state index in [0.29, 0.717) is 6.42 Å². The molecular formula is C14H22F3N3. The highest BCUT2D eigenvalue weighted by molar-refractivity contribution is 5.04. The molecule has 6 heteroatoms. The summed E-state index contributed by atoms with van der Waals surface area (Å²) in [6.07, 6.45) is 3.05. The molecular weight excluding hydrogens is 267 g/mol. The SMILES string of the molecule is Cn1cc(CCC(N)C2CCCC(C(F)(F)F)C2)cn1. The van der Waals surface area contributed by atoms with Gasteiger partial charge in [0.15, 0.2) is 0 Å². The molecule has 3 nitrogen and oxygen atoms in total. The van der Waals surface area contributed by atoms with E-state index in [-0.39, 0.29) is 24.8 Å². The van der Waals surface area contributed by atoms with Crippen LogP contribution >= 0.6 is 0 Å². The Balaban J connectivity index is 1.84. The van der Waals surface area contributed by atoms with Crippen molar-refractivity contribution in [1.82, 2.24) is 9.78 Å². The zero-order valence-electron chi connectivity index (χ0n) is 11.7. The minimum absolute atomic E-state index is 0.00736. The average molecular weight is 289 g/mol. The molecule has 1 aromatic heterocycles. The quantitative estimate of drug-likeness (QED) is 0.926. The van der Waals surface area contributed by atoms with Crippen LogP contribution in [-0.2, 0) is 13.5 Å². The van der Waals surface area contributed by atoms with Crippen LogP contribution in [0.5, 0.6) is 0 Å². The van der Waals surface area contributed by atoms with E-state index >= 15 is 0 Å². The van der Waals surface area contributed by atoms with Crippen LogP contribution in [0.15, 0.2) is 12.4 Å². The third-order valence-electron chi connectivity index (χ3n) is 4.31. The maximum Gasteiger partial charge on any atom is 0.391 e. The summed E-state index contributed by atoms with van der Waals surface area (Å²) >= 11 is 0. The maximum absolute atomic E-state index is 12.8. The van der Waals surface area contributed by atoms with Gasteiger partial charge in [0.2, 0.25) is 0 Å². The summed E-state index contributed by atoms with van der Waals surface area (Å²) in [7, 11) is 1.85. The van der Waals surface area contributed by atoms with Gasteiger partial charge in [-0.05, 0) is 43.6 Å². The van der Waals surface area contributed by atoms with Gasteiger partial charge in [0.05, 0.1) is 12.1 Å². The standard InChI is InChI=1S/C14H22F3N3/c1-20-9-10(8-19-20)5-6-13(18)11-3-2-4-12(7-11)14(15,16)17/h8-9,11-13H,2-7,18H2,1H3. The summed E-state index contributed by atoms with van der Waals surface area (Å²) in [5.41, 5.74) is 7.20. The maximum atomic E-state index is 12.8. The van der Waals surface area contributed by atoms with E-state index in [1.54, 1.807) is 10.9 Å². The van der Waals surface area contributed by atoms with Crippen LogP contribution in [-0.4, -0.2) is 22.0 Å². The Bertz CT molecular complexity index is 428. The van der Waals surface area contributed by atoms with Crippen molar-refractivity contribution in [2.75, 3.05) is 0 Å². The van der Waals surface area contributed by atoms with Crippen LogP contribution in [0.25, 0.3) is 0 Å². The molecule has 0 spiro atoms. The van der Waals surface area contributed by atoms with E-state index in [1.807, 2.05) is 13.2 Å². The molecule has 0 aromatic carbocycles. The lowest BCUT2D eigenvalue weighted by Gasteiger charge is -2.33. The topological polar surface area (TPSA) is 43.8 Å². The van der Waals surface area contributed by atoms with E-state index in [0.717, 1.165) is 24.8 Å². The van der Waals surface area contributed by atoms with Gasteiger partial charge in [0.1, 0.15) is 0 Å². The molecule has 0 amide bonds. The fourth-order valence-corrected chi connectivity index (χ4v) is 3.08. The first-order valence-corrected chi connectivity index (χ1v) is 7.16. The van der Waals surface area contributed by atoms with E-state index < -0.39 is 12.1 Å². The van der Waals surface area contributed by atoms with Crippen LogP contribution < -0.4 is 5.73 Å². The molecule has 0 radical (unpaired) electrons. The molecule has 2 N–H and O–H groups in total. The lowest BCUT2D eigenvalue weighted by molar-refractivity contribution is -0.186. The van der Waals surface area contributed by atoms with Gasteiger partial charge in [0, 0.05) is 19.3 Å². The number of nitrogens with two attached hydrogens (primary N) is 1. The Kier molecular flexibility index (Phi) is 4.73. The lowest BCUT2D eigenvalue weighted by atomic mass is 9.76. The van der Waals surface area contributed by atoms with Crippen LogP contribution in [0.2, 0.25) is 0 Å². The molecule has 1 aliphatic rings. The van der Waals surface area contributed by atoms with Gasteiger partial charge in [-0.1, -0.05) is 6.42 Å². The summed E-state index contributed by atoms with van der Waals surface area (Å²) in [6, 6.07) is -0.152. The Hall–Kier alpha value is -1.04. The number of rotatable bonds is 4. The predicted molar refractivity (Wildman–Crippen MR) is 71.0 cm³/mol. The Morgan fingerprint density at radius 3 is 2.80 bits per heavy atom. The number of nitrogens with zero attached hydrogens (tertiary/aromatic N) is 2. The molecule has 3 atom stereocenters. The van der Waals surface area contributed by atoms with Gasteiger partial charge in [-0.25, -0.2) is 0 Å². The van der Waals surface area contributed by atoms with Crippen molar-refractivity contribution in [2.45, 2.75) is 50.7 Å². The van der Waals surface area contributed by atoms with Crippen molar-refractivity contribution >= 4 is 0 Å². The number of aromatic nitrogens is 2. The van der Waals surface area contributed by atoms with Crippen LogP contribution in [0.1, 0.15) is 37.7 Å². The number of aryl methyl sites for hydroxylation is 2.